The summed E-state index contributed by atoms with van der Waals surface area (Å²) in [4.78, 5) is 0. The van der Waals surface area contributed by atoms with Gasteiger partial charge in [0.2, 0.25) is 0 Å². The van der Waals surface area contributed by atoms with Gasteiger partial charge in [-0.2, -0.15) is 0 Å². The molecular weight excluding hydrogens is 361 g/mol. The van der Waals surface area contributed by atoms with Crippen LogP contribution in [0.1, 0.15) is 11.1 Å². The molecule has 0 amide bonds. The van der Waals surface area contributed by atoms with Crippen LogP contribution in [-0.4, -0.2) is 0 Å². The minimum atomic E-state index is 0.261. The summed E-state index contributed by atoms with van der Waals surface area (Å²) in [5.41, 5.74) is 1.62. The van der Waals surface area contributed by atoms with Gasteiger partial charge in [-0.3, -0.25) is 0 Å². The second kappa shape index (κ2) is 7.11. The first-order valence-electron chi connectivity index (χ1n) is 5.62. The zero-order valence-corrected chi connectivity index (χ0v) is 13.9. The largest absolute Gasteiger partial charge is 0.487 e. The minimum Gasteiger partial charge on any atom is -0.487 e. The van der Waals surface area contributed by atoms with Crippen molar-refractivity contribution in [2.24, 2.45) is 0 Å². The molecule has 0 aromatic heterocycles. The zero-order valence-electron chi connectivity index (χ0n) is 10.1. The molecule has 0 heterocycles. The van der Waals surface area contributed by atoms with Gasteiger partial charge in [-0.15, -0.1) is 11.6 Å². The Morgan fingerprint density at radius 2 is 1.60 bits per heavy atom. The predicted octanol–water partition coefficient (Wildman–Crippen LogP) is 6.62. The Morgan fingerprint density at radius 1 is 0.850 bits per heavy atom. The molecule has 0 unspecified atom stereocenters. The molecule has 2 rings (SSSR count). The van der Waals surface area contributed by atoms with Crippen LogP contribution in [0.3, 0.4) is 0 Å². The average Bonchev–Trinajstić information content (AvgIpc) is 2.40. The highest BCUT2D eigenvalue weighted by atomic mass is 35.5. The lowest BCUT2D eigenvalue weighted by Crippen LogP contribution is -1.99. The van der Waals surface area contributed by atoms with Crippen LogP contribution in [0, 0.1) is 0 Å². The van der Waals surface area contributed by atoms with Gasteiger partial charge in [0.05, 0.1) is 20.9 Å². The van der Waals surface area contributed by atoms with Crippen molar-refractivity contribution in [3.63, 3.8) is 0 Å². The third-order valence-electron chi connectivity index (χ3n) is 2.60. The quantitative estimate of drug-likeness (QED) is 0.550. The van der Waals surface area contributed by atoms with Crippen LogP contribution in [-0.2, 0) is 12.5 Å². The molecule has 6 heteroatoms. The molecular formula is C14H9Cl5O. The van der Waals surface area contributed by atoms with Gasteiger partial charge in [-0.05, 0) is 29.8 Å². The Labute approximate surface area is 142 Å². The molecule has 0 atom stereocenters. The highest BCUT2D eigenvalue weighted by Crippen LogP contribution is 2.34. The number of hydrogen-bond acceptors (Lipinski definition) is 1. The summed E-state index contributed by atoms with van der Waals surface area (Å²) in [5, 5.41) is 1.93. The van der Waals surface area contributed by atoms with E-state index in [1.165, 1.54) is 0 Å². The monoisotopic (exact) mass is 368 g/mol. The standard InChI is InChI=1S/C14H9Cl5O/c15-6-9-4-10(16)5-13(19)14(9)20-7-8-1-2-11(17)12(18)3-8/h1-5H,6-7H2. The van der Waals surface area contributed by atoms with Gasteiger partial charge in [0.15, 0.2) is 0 Å². The zero-order chi connectivity index (χ0) is 14.7. The van der Waals surface area contributed by atoms with Crippen molar-refractivity contribution < 1.29 is 4.74 Å². The molecule has 106 valence electrons. The molecule has 0 spiro atoms. The van der Waals surface area contributed by atoms with Gasteiger partial charge >= 0.3 is 0 Å². The summed E-state index contributed by atoms with van der Waals surface area (Å²) in [6.07, 6.45) is 0. The summed E-state index contributed by atoms with van der Waals surface area (Å²) < 4.78 is 5.72. The van der Waals surface area contributed by atoms with E-state index in [1.807, 2.05) is 6.07 Å². The molecule has 0 saturated heterocycles. The average molecular weight is 370 g/mol. The molecule has 0 aliphatic heterocycles. The first kappa shape index (κ1) is 16.1. The minimum absolute atomic E-state index is 0.261. The molecule has 0 aliphatic carbocycles. The number of benzene rings is 2. The summed E-state index contributed by atoms with van der Waals surface area (Å²) >= 11 is 29.7. The Hall–Kier alpha value is -0.310. The van der Waals surface area contributed by atoms with Crippen LogP contribution in [0.15, 0.2) is 30.3 Å². The predicted molar refractivity (Wildman–Crippen MR) is 86.8 cm³/mol. The molecule has 0 aliphatic rings. The summed E-state index contributed by atoms with van der Waals surface area (Å²) in [5.74, 6) is 0.786. The smallest absolute Gasteiger partial charge is 0.142 e. The third-order valence-corrected chi connectivity index (χ3v) is 4.12. The maximum atomic E-state index is 6.12. The number of ether oxygens (including phenoxy) is 1. The molecule has 0 radical (unpaired) electrons. The van der Waals surface area contributed by atoms with E-state index in [9.17, 15) is 0 Å². The van der Waals surface area contributed by atoms with E-state index in [1.54, 1.807) is 24.3 Å². The molecule has 0 fully saturated rings. The van der Waals surface area contributed by atoms with Gasteiger partial charge in [-0.25, -0.2) is 0 Å². The highest BCUT2D eigenvalue weighted by molar-refractivity contribution is 6.42. The number of halogens is 5. The lowest BCUT2D eigenvalue weighted by Gasteiger charge is -2.13. The maximum absolute atomic E-state index is 6.12. The maximum Gasteiger partial charge on any atom is 0.142 e. The Kier molecular flexibility index (Phi) is 5.71. The van der Waals surface area contributed by atoms with Crippen LogP contribution in [0.4, 0.5) is 0 Å². The molecule has 2 aromatic carbocycles. The van der Waals surface area contributed by atoms with Gasteiger partial charge < -0.3 is 4.74 Å². The highest BCUT2D eigenvalue weighted by Gasteiger charge is 2.11. The molecule has 2 aromatic rings. The lowest BCUT2D eigenvalue weighted by molar-refractivity contribution is 0.304. The normalized spacial score (nSPS) is 10.7. The first-order chi connectivity index (χ1) is 9.51. The van der Waals surface area contributed by atoms with Gasteiger partial charge in [0.25, 0.3) is 0 Å². The van der Waals surface area contributed by atoms with Crippen molar-refractivity contribution >= 4 is 58.0 Å². The van der Waals surface area contributed by atoms with Crippen LogP contribution in [0.5, 0.6) is 5.75 Å². The number of rotatable bonds is 4. The molecule has 0 N–H and O–H groups in total. The third kappa shape index (κ3) is 3.87. The molecule has 1 nitrogen and oxygen atoms in total. The topological polar surface area (TPSA) is 9.23 Å². The van der Waals surface area contributed by atoms with Crippen molar-refractivity contribution in [3.8, 4) is 5.75 Å². The summed E-state index contributed by atoms with van der Waals surface area (Å²) in [6, 6.07) is 8.63. The molecule has 0 saturated carbocycles. The van der Waals surface area contributed by atoms with Crippen molar-refractivity contribution in [1.82, 2.24) is 0 Å². The number of alkyl halides is 1. The number of hydrogen-bond donors (Lipinski definition) is 0. The van der Waals surface area contributed by atoms with Crippen molar-refractivity contribution in [2.75, 3.05) is 0 Å². The Bertz CT molecular complexity index is 627. The van der Waals surface area contributed by atoms with Crippen LogP contribution in [0.2, 0.25) is 20.1 Å². The van der Waals surface area contributed by atoms with Crippen molar-refractivity contribution in [3.05, 3.63) is 61.5 Å². The van der Waals surface area contributed by atoms with E-state index < -0.39 is 0 Å². The van der Waals surface area contributed by atoms with Gasteiger partial charge in [0.1, 0.15) is 12.4 Å². The summed E-state index contributed by atoms with van der Waals surface area (Å²) in [6.45, 7) is 0.308. The Morgan fingerprint density at radius 3 is 2.25 bits per heavy atom. The second-order valence-electron chi connectivity index (χ2n) is 4.05. The Balaban J connectivity index is 2.20. The van der Waals surface area contributed by atoms with E-state index in [0.29, 0.717) is 32.4 Å². The van der Waals surface area contributed by atoms with Crippen LogP contribution >= 0.6 is 58.0 Å². The van der Waals surface area contributed by atoms with E-state index in [0.717, 1.165) is 11.1 Å². The van der Waals surface area contributed by atoms with Crippen molar-refractivity contribution in [1.29, 1.82) is 0 Å². The lowest BCUT2D eigenvalue weighted by atomic mass is 10.2. The molecule has 0 bridgehead atoms. The van der Waals surface area contributed by atoms with E-state index >= 15 is 0 Å². The first-order valence-corrected chi connectivity index (χ1v) is 7.66. The van der Waals surface area contributed by atoms with E-state index in [-0.39, 0.29) is 5.88 Å². The molecule has 20 heavy (non-hydrogen) atoms. The van der Waals surface area contributed by atoms with E-state index in [4.69, 9.17) is 62.7 Å². The van der Waals surface area contributed by atoms with Gasteiger partial charge in [0, 0.05) is 10.6 Å². The second-order valence-corrected chi connectivity index (χ2v) is 5.97. The fourth-order valence-electron chi connectivity index (χ4n) is 1.66. The van der Waals surface area contributed by atoms with Crippen molar-refractivity contribution in [2.45, 2.75) is 12.5 Å². The summed E-state index contributed by atoms with van der Waals surface area (Å²) in [7, 11) is 0. The fraction of sp³-hybridized carbons (Fsp3) is 0.143. The SMILES string of the molecule is ClCc1cc(Cl)cc(Cl)c1OCc1ccc(Cl)c(Cl)c1. The van der Waals surface area contributed by atoms with Crippen LogP contribution in [0.25, 0.3) is 0 Å². The fourth-order valence-corrected chi connectivity index (χ4v) is 2.77. The van der Waals surface area contributed by atoms with Gasteiger partial charge in [-0.1, -0.05) is 52.5 Å². The van der Waals surface area contributed by atoms with E-state index in [2.05, 4.69) is 0 Å². The van der Waals surface area contributed by atoms with Crippen LogP contribution < -0.4 is 4.74 Å².